The predicted molar refractivity (Wildman–Crippen MR) is 219 cm³/mol. The van der Waals surface area contributed by atoms with E-state index in [1.165, 1.54) is 14.2 Å². The van der Waals surface area contributed by atoms with Gasteiger partial charge in [-0.1, -0.05) is 0 Å². The quantitative estimate of drug-likeness (QED) is 0.0413. The summed E-state index contributed by atoms with van der Waals surface area (Å²) in [4.78, 5) is 93.9. The third-order valence-electron chi connectivity index (χ3n) is 7.43. The molecule has 0 fully saturated rings. The largest absolute Gasteiger partial charge is 0.510 e. The molecule has 2 unspecified atom stereocenters. The maximum Gasteiger partial charge on any atom is 0.510 e. The van der Waals surface area contributed by atoms with Crippen LogP contribution < -0.4 is 0 Å². The number of hydrogen-bond donors (Lipinski definition) is 0. The van der Waals surface area contributed by atoms with Gasteiger partial charge >= 0.3 is 63.3 Å². The van der Waals surface area contributed by atoms with E-state index in [1.807, 2.05) is 0 Å². The van der Waals surface area contributed by atoms with E-state index in [9.17, 15) is 47.5 Å². The monoisotopic (exact) mass is 968 g/mol. The van der Waals surface area contributed by atoms with E-state index in [-0.39, 0.29) is 25.7 Å². The zero-order valence-corrected chi connectivity index (χ0v) is 40.9. The van der Waals surface area contributed by atoms with Gasteiger partial charge in [-0.15, -0.1) is 0 Å². The molecule has 0 heterocycles. The Kier molecular flexibility index (Phi) is 29.7. The molecule has 0 aliphatic rings. The Balaban J connectivity index is 0. The SMILES string of the molecule is COC(=O)CCC(CP(=O)(OCOC(=O)C(C)(C)C)OCOC(=O)C(C)(C)C)C(=O)OC.COC(=O)CCC(CP(=O)(OCOC(=O)OC(C)C)OCOC(=O)OC(C)C)C(=O)OC. The average molecular weight is 969 g/mol. The Morgan fingerprint density at radius 3 is 0.969 bits per heavy atom. The molecule has 0 N–H and O–H groups in total. The fourth-order valence-corrected chi connectivity index (χ4v) is 7.20. The smallest absolute Gasteiger partial charge is 0.469 e. The molecule has 0 bridgehead atoms. The minimum atomic E-state index is -4.21. The minimum absolute atomic E-state index is 0.0559. The summed E-state index contributed by atoms with van der Waals surface area (Å²) in [5, 5.41) is 0. The molecule has 64 heavy (non-hydrogen) atoms. The Hall–Kier alpha value is -4.34. The van der Waals surface area contributed by atoms with Crippen LogP contribution in [-0.4, -0.2) is 128 Å². The van der Waals surface area contributed by atoms with Crippen LogP contribution in [0.3, 0.4) is 0 Å². The van der Waals surface area contributed by atoms with Gasteiger partial charge in [0.1, 0.15) is 0 Å². The van der Waals surface area contributed by atoms with Crippen LogP contribution in [0.4, 0.5) is 9.59 Å². The highest BCUT2D eigenvalue weighted by Gasteiger charge is 2.37. The number of ether oxygens (including phenoxy) is 10. The van der Waals surface area contributed by atoms with Gasteiger partial charge in [0, 0.05) is 12.8 Å². The van der Waals surface area contributed by atoms with Crippen molar-refractivity contribution in [3.63, 3.8) is 0 Å². The van der Waals surface area contributed by atoms with Crippen LogP contribution in [0.5, 0.6) is 0 Å². The summed E-state index contributed by atoms with van der Waals surface area (Å²) >= 11 is 0. The first-order chi connectivity index (χ1) is 29.5. The van der Waals surface area contributed by atoms with Crippen LogP contribution in [0, 0.1) is 22.7 Å². The number of rotatable bonds is 26. The molecule has 0 aliphatic heterocycles. The van der Waals surface area contributed by atoms with Gasteiger partial charge in [0.2, 0.25) is 27.2 Å². The summed E-state index contributed by atoms with van der Waals surface area (Å²) in [5.41, 5.74) is -1.66. The molecular formula is C38H66O24P2. The van der Waals surface area contributed by atoms with Crippen molar-refractivity contribution in [2.75, 3.05) is 67.9 Å². The number of carbonyl (C=O) groups is 8. The van der Waals surface area contributed by atoms with Gasteiger partial charge in [0.15, 0.2) is 0 Å². The lowest BCUT2D eigenvalue weighted by Crippen LogP contribution is -2.26. The van der Waals surface area contributed by atoms with Crippen LogP contribution in [0.15, 0.2) is 0 Å². The third kappa shape index (κ3) is 29.2. The fourth-order valence-electron chi connectivity index (χ4n) is 4.03. The van der Waals surface area contributed by atoms with Crippen LogP contribution >= 0.6 is 15.2 Å². The maximum absolute atomic E-state index is 13.3. The summed E-state index contributed by atoms with van der Waals surface area (Å²) in [5.74, 6) is -6.10. The second-order valence-corrected chi connectivity index (χ2v) is 19.9. The second kappa shape index (κ2) is 30.7. The molecule has 0 rings (SSSR count). The summed E-state index contributed by atoms with van der Waals surface area (Å²) in [6.45, 7) is 13.0. The summed E-state index contributed by atoms with van der Waals surface area (Å²) in [7, 11) is -3.73. The summed E-state index contributed by atoms with van der Waals surface area (Å²) in [6.07, 6.45) is -4.64. The highest BCUT2D eigenvalue weighted by molar-refractivity contribution is 7.54. The Bertz CT molecular complexity index is 1530. The van der Waals surface area contributed by atoms with E-state index < -0.39 is 138 Å². The van der Waals surface area contributed by atoms with Crippen molar-refractivity contribution in [2.45, 2.75) is 107 Å². The van der Waals surface area contributed by atoms with Crippen molar-refractivity contribution in [3.8, 4) is 0 Å². The Morgan fingerprint density at radius 1 is 0.453 bits per heavy atom. The zero-order valence-electron chi connectivity index (χ0n) is 39.1. The maximum atomic E-state index is 13.3. The molecule has 0 radical (unpaired) electrons. The third-order valence-corrected chi connectivity index (χ3v) is 11.2. The molecule has 26 heteroatoms. The van der Waals surface area contributed by atoms with Crippen molar-refractivity contribution in [3.05, 3.63) is 0 Å². The molecule has 0 saturated carbocycles. The highest BCUT2D eigenvalue weighted by Crippen LogP contribution is 2.51. The number of carbonyl (C=O) groups excluding carboxylic acids is 8. The Morgan fingerprint density at radius 2 is 0.734 bits per heavy atom. The van der Waals surface area contributed by atoms with E-state index in [0.717, 1.165) is 14.2 Å². The van der Waals surface area contributed by atoms with Crippen molar-refractivity contribution >= 4 is 63.3 Å². The van der Waals surface area contributed by atoms with Crippen molar-refractivity contribution in [2.24, 2.45) is 22.7 Å². The van der Waals surface area contributed by atoms with Gasteiger partial charge in [-0.3, -0.25) is 56.0 Å². The normalized spacial score (nSPS) is 12.6. The zero-order chi connectivity index (χ0) is 49.9. The lowest BCUT2D eigenvalue weighted by molar-refractivity contribution is -0.162. The standard InChI is InChI=1S/C20H35O11P.C18H31O13P/c1-19(2,3)17(23)28-12-30-32(25,31-13-29-18(24)20(4,5)6)11-14(16(22)27-8)9-10-15(21)26-7;1-12(2)30-17(21)26-10-28-32(23,29-11-27-18(22)31-13(3)4)9-14(16(20)25-6)7-8-15(19)24-5/h14H,9-13H2,1-8H3;12-14H,7-11H2,1-6H3. The number of esters is 6. The lowest BCUT2D eigenvalue weighted by Gasteiger charge is -2.24. The predicted octanol–water partition coefficient (Wildman–Crippen LogP) is 6.04. The molecule has 2 atom stereocenters. The fraction of sp³-hybridized carbons (Fsp3) is 0.789. The number of methoxy groups -OCH3 is 4. The summed E-state index contributed by atoms with van der Waals surface area (Å²) < 4.78 is 94.1. The van der Waals surface area contributed by atoms with Crippen molar-refractivity contribution in [1.82, 2.24) is 0 Å². The molecule has 0 aliphatic carbocycles. The van der Waals surface area contributed by atoms with Gasteiger partial charge in [-0.2, -0.15) is 0 Å². The molecule has 372 valence electrons. The van der Waals surface area contributed by atoms with Crippen LogP contribution in [0.1, 0.15) is 94.9 Å². The van der Waals surface area contributed by atoms with E-state index >= 15 is 0 Å². The van der Waals surface area contributed by atoms with Crippen LogP contribution in [0.25, 0.3) is 0 Å². The lowest BCUT2D eigenvalue weighted by atomic mass is 9.98. The van der Waals surface area contributed by atoms with Crippen LogP contribution in [0.2, 0.25) is 0 Å². The average Bonchev–Trinajstić information content (AvgIpc) is 3.18. The van der Waals surface area contributed by atoms with E-state index in [2.05, 4.69) is 23.7 Å². The van der Waals surface area contributed by atoms with E-state index in [1.54, 1.807) is 69.2 Å². The van der Waals surface area contributed by atoms with Crippen molar-refractivity contribution in [1.29, 1.82) is 0 Å². The van der Waals surface area contributed by atoms with E-state index in [4.69, 9.17) is 41.8 Å². The Labute approximate surface area is 373 Å². The van der Waals surface area contributed by atoms with E-state index in [0.29, 0.717) is 0 Å². The van der Waals surface area contributed by atoms with Crippen LogP contribution in [-0.2, 0) is 103 Å². The van der Waals surface area contributed by atoms with Gasteiger partial charge in [-0.25, -0.2) is 9.59 Å². The van der Waals surface area contributed by atoms with Gasteiger partial charge in [-0.05, 0) is 82.1 Å². The first kappa shape index (κ1) is 61.7. The molecule has 0 amide bonds. The molecule has 0 aromatic rings. The first-order valence-electron chi connectivity index (χ1n) is 19.5. The van der Waals surface area contributed by atoms with Gasteiger partial charge in [0.05, 0.1) is 75.6 Å². The molecule has 0 aromatic carbocycles. The highest BCUT2D eigenvalue weighted by atomic mass is 31.2. The molecule has 0 spiro atoms. The molecule has 24 nitrogen and oxygen atoms in total. The second-order valence-electron chi connectivity index (χ2n) is 15.7. The summed E-state index contributed by atoms with van der Waals surface area (Å²) in [6, 6.07) is 0. The number of hydrogen-bond acceptors (Lipinski definition) is 24. The topological polar surface area (TPSA) is 300 Å². The minimum Gasteiger partial charge on any atom is -0.469 e. The molecular weight excluding hydrogens is 902 g/mol. The van der Waals surface area contributed by atoms with Gasteiger partial charge in [0.25, 0.3) is 0 Å². The first-order valence-corrected chi connectivity index (χ1v) is 23.0. The van der Waals surface area contributed by atoms with Crippen molar-refractivity contribution < 1.29 is 113 Å². The molecule has 0 saturated heterocycles. The van der Waals surface area contributed by atoms with Gasteiger partial charge < -0.3 is 47.4 Å². The molecule has 0 aromatic heterocycles.